The normalized spacial score (nSPS) is 30.6. The Morgan fingerprint density at radius 2 is 2.00 bits per heavy atom. The lowest BCUT2D eigenvalue weighted by molar-refractivity contribution is -0.131. The van der Waals surface area contributed by atoms with E-state index in [4.69, 9.17) is 9.47 Å². The van der Waals surface area contributed by atoms with E-state index in [1.165, 1.54) is 0 Å². The number of Topliss-reactive ketones (excluding diaryl/α,β-unsaturated/α-hetero) is 1. The molecule has 2 aliphatic heterocycles. The zero-order valence-corrected chi connectivity index (χ0v) is 8.41. The SMILES string of the molecule is O=C1CCOC[C@H]1CN1CCOCC1. The lowest BCUT2D eigenvalue weighted by Gasteiger charge is -2.31. The van der Waals surface area contributed by atoms with Crippen LogP contribution in [0.2, 0.25) is 0 Å². The van der Waals surface area contributed by atoms with Crippen molar-refractivity contribution in [2.24, 2.45) is 5.92 Å². The van der Waals surface area contributed by atoms with E-state index < -0.39 is 0 Å². The molecular weight excluding hydrogens is 182 g/mol. The van der Waals surface area contributed by atoms with Crippen LogP contribution < -0.4 is 0 Å². The van der Waals surface area contributed by atoms with Crippen LogP contribution in [0.15, 0.2) is 0 Å². The van der Waals surface area contributed by atoms with Gasteiger partial charge >= 0.3 is 0 Å². The summed E-state index contributed by atoms with van der Waals surface area (Å²) in [5.41, 5.74) is 0. The van der Waals surface area contributed by atoms with E-state index in [2.05, 4.69) is 4.90 Å². The number of rotatable bonds is 2. The van der Waals surface area contributed by atoms with E-state index in [-0.39, 0.29) is 5.92 Å². The quantitative estimate of drug-likeness (QED) is 0.624. The van der Waals surface area contributed by atoms with Gasteiger partial charge in [-0.2, -0.15) is 0 Å². The highest BCUT2D eigenvalue weighted by Crippen LogP contribution is 2.12. The number of ether oxygens (including phenoxy) is 2. The second-order valence-electron chi connectivity index (χ2n) is 3.90. The van der Waals surface area contributed by atoms with Crippen LogP contribution in [0.25, 0.3) is 0 Å². The summed E-state index contributed by atoms with van der Waals surface area (Å²) in [4.78, 5) is 13.8. The zero-order valence-electron chi connectivity index (χ0n) is 8.41. The Kier molecular flexibility index (Phi) is 3.50. The molecule has 0 radical (unpaired) electrons. The predicted molar refractivity (Wildman–Crippen MR) is 51.2 cm³/mol. The van der Waals surface area contributed by atoms with Crippen LogP contribution in [-0.2, 0) is 14.3 Å². The van der Waals surface area contributed by atoms with Gasteiger partial charge in [0.05, 0.1) is 32.3 Å². The molecular formula is C10H17NO3. The van der Waals surface area contributed by atoms with Crippen molar-refractivity contribution >= 4 is 5.78 Å². The molecule has 0 spiro atoms. The van der Waals surface area contributed by atoms with Gasteiger partial charge in [-0.05, 0) is 0 Å². The Morgan fingerprint density at radius 1 is 1.21 bits per heavy atom. The number of hydrogen-bond donors (Lipinski definition) is 0. The molecule has 1 atom stereocenters. The summed E-state index contributed by atoms with van der Waals surface area (Å²) in [6, 6.07) is 0. The van der Waals surface area contributed by atoms with Crippen LogP contribution in [0.4, 0.5) is 0 Å². The van der Waals surface area contributed by atoms with Crippen LogP contribution in [0.5, 0.6) is 0 Å². The number of morpholine rings is 1. The number of carbonyl (C=O) groups excluding carboxylic acids is 1. The molecule has 0 saturated carbocycles. The van der Waals surface area contributed by atoms with Gasteiger partial charge in [-0.3, -0.25) is 9.69 Å². The third-order valence-electron chi connectivity index (χ3n) is 2.85. The van der Waals surface area contributed by atoms with E-state index in [1.807, 2.05) is 0 Å². The standard InChI is InChI=1S/C10H17NO3/c12-10-1-4-14-8-9(10)7-11-2-5-13-6-3-11/h9H,1-8H2/t9-/m1/s1. The summed E-state index contributed by atoms with van der Waals surface area (Å²) >= 11 is 0. The average Bonchev–Trinajstić information content (AvgIpc) is 2.23. The van der Waals surface area contributed by atoms with Crippen molar-refractivity contribution < 1.29 is 14.3 Å². The van der Waals surface area contributed by atoms with Gasteiger partial charge in [-0.1, -0.05) is 0 Å². The molecule has 2 aliphatic rings. The summed E-state index contributed by atoms with van der Waals surface area (Å²) in [5.74, 6) is 0.463. The van der Waals surface area contributed by atoms with Gasteiger partial charge in [0.25, 0.3) is 0 Å². The van der Waals surface area contributed by atoms with Gasteiger partial charge in [0.2, 0.25) is 0 Å². The third-order valence-corrected chi connectivity index (χ3v) is 2.85. The molecule has 2 heterocycles. The zero-order chi connectivity index (χ0) is 9.80. The smallest absolute Gasteiger partial charge is 0.141 e. The van der Waals surface area contributed by atoms with E-state index in [9.17, 15) is 4.79 Å². The maximum absolute atomic E-state index is 11.5. The van der Waals surface area contributed by atoms with Crippen LogP contribution in [0, 0.1) is 5.92 Å². The van der Waals surface area contributed by atoms with Crippen molar-refractivity contribution in [3.05, 3.63) is 0 Å². The molecule has 0 aromatic rings. The Balaban J connectivity index is 1.79. The number of nitrogens with zero attached hydrogens (tertiary/aromatic N) is 1. The number of ketones is 1. The van der Waals surface area contributed by atoms with Gasteiger partial charge in [0.1, 0.15) is 5.78 Å². The van der Waals surface area contributed by atoms with E-state index >= 15 is 0 Å². The lowest BCUT2D eigenvalue weighted by Crippen LogP contribution is -2.43. The highest BCUT2D eigenvalue weighted by molar-refractivity contribution is 5.82. The van der Waals surface area contributed by atoms with Crippen molar-refractivity contribution in [2.45, 2.75) is 6.42 Å². The minimum atomic E-state index is 0.0989. The summed E-state index contributed by atoms with van der Waals surface area (Å²) in [7, 11) is 0. The molecule has 2 fully saturated rings. The van der Waals surface area contributed by atoms with Crippen molar-refractivity contribution in [1.29, 1.82) is 0 Å². The highest BCUT2D eigenvalue weighted by atomic mass is 16.5. The van der Waals surface area contributed by atoms with Crippen molar-refractivity contribution in [3.8, 4) is 0 Å². The first-order valence-electron chi connectivity index (χ1n) is 5.27. The van der Waals surface area contributed by atoms with E-state index in [0.29, 0.717) is 25.4 Å². The molecule has 2 rings (SSSR count). The van der Waals surface area contributed by atoms with Crippen LogP contribution in [0.1, 0.15) is 6.42 Å². The summed E-state index contributed by atoms with van der Waals surface area (Å²) in [6.07, 6.45) is 0.592. The fraction of sp³-hybridized carbons (Fsp3) is 0.900. The minimum absolute atomic E-state index is 0.0989. The molecule has 0 bridgehead atoms. The monoisotopic (exact) mass is 199 g/mol. The van der Waals surface area contributed by atoms with Gasteiger partial charge in [0.15, 0.2) is 0 Å². The number of carbonyl (C=O) groups is 1. The number of hydrogen-bond acceptors (Lipinski definition) is 4. The Labute approximate surface area is 84.2 Å². The molecule has 2 saturated heterocycles. The Bertz CT molecular complexity index is 202. The first-order valence-corrected chi connectivity index (χ1v) is 5.27. The molecule has 0 aromatic carbocycles. The van der Waals surface area contributed by atoms with Gasteiger partial charge < -0.3 is 9.47 Å². The topological polar surface area (TPSA) is 38.8 Å². The summed E-state index contributed by atoms with van der Waals surface area (Å²) in [5, 5.41) is 0. The highest BCUT2D eigenvalue weighted by Gasteiger charge is 2.25. The molecule has 0 unspecified atom stereocenters. The van der Waals surface area contributed by atoms with Gasteiger partial charge in [-0.15, -0.1) is 0 Å². The molecule has 4 heteroatoms. The Morgan fingerprint density at radius 3 is 2.71 bits per heavy atom. The lowest BCUT2D eigenvalue weighted by atomic mass is 10.00. The Hall–Kier alpha value is -0.450. The van der Waals surface area contributed by atoms with E-state index in [0.717, 1.165) is 32.8 Å². The minimum Gasteiger partial charge on any atom is -0.380 e. The molecule has 14 heavy (non-hydrogen) atoms. The van der Waals surface area contributed by atoms with Crippen molar-refractivity contribution in [2.75, 3.05) is 46.1 Å². The third kappa shape index (κ3) is 2.53. The predicted octanol–water partition coefficient (Wildman–Crippen LogP) is -0.0758. The molecule has 0 N–H and O–H groups in total. The average molecular weight is 199 g/mol. The largest absolute Gasteiger partial charge is 0.380 e. The maximum Gasteiger partial charge on any atom is 0.141 e. The van der Waals surface area contributed by atoms with Crippen LogP contribution >= 0.6 is 0 Å². The van der Waals surface area contributed by atoms with E-state index in [1.54, 1.807) is 0 Å². The molecule has 0 amide bonds. The van der Waals surface area contributed by atoms with Crippen LogP contribution in [0.3, 0.4) is 0 Å². The first-order chi connectivity index (χ1) is 6.86. The molecule has 80 valence electrons. The second-order valence-corrected chi connectivity index (χ2v) is 3.90. The van der Waals surface area contributed by atoms with Crippen molar-refractivity contribution in [1.82, 2.24) is 4.90 Å². The van der Waals surface area contributed by atoms with Crippen molar-refractivity contribution in [3.63, 3.8) is 0 Å². The van der Waals surface area contributed by atoms with Crippen LogP contribution in [-0.4, -0.2) is 56.7 Å². The first kappa shape index (κ1) is 10.1. The summed E-state index contributed by atoms with van der Waals surface area (Å²) < 4.78 is 10.6. The second kappa shape index (κ2) is 4.87. The molecule has 0 aliphatic carbocycles. The van der Waals surface area contributed by atoms with Gasteiger partial charge in [0, 0.05) is 26.1 Å². The fourth-order valence-corrected chi connectivity index (χ4v) is 1.95. The summed E-state index contributed by atoms with van der Waals surface area (Å²) in [6.45, 7) is 5.55. The fourth-order valence-electron chi connectivity index (χ4n) is 1.95. The van der Waals surface area contributed by atoms with Gasteiger partial charge in [-0.25, -0.2) is 0 Å². The molecule has 0 aromatic heterocycles. The molecule has 4 nitrogen and oxygen atoms in total. The maximum atomic E-state index is 11.5.